The molecule has 4 nitrogen and oxygen atoms in total. The van der Waals surface area contributed by atoms with E-state index in [0.29, 0.717) is 17.8 Å². The number of fused-ring (bicyclic) bond motifs is 1. The van der Waals surface area contributed by atoms with Gasteiger partial charge in [0.1, 0.15) is 5.82 Å². The Kier molecular flexibility index (Phi) is 3.86. The van der Waals surface area contributed by atoms with E-state index in [1.165, 1.54) is 10.4 Å². The van der Waals surface area contributed by atoms with Gasteiger partial charge >= 0.3 is 0 Å². The number of para-hydroxylation sites is 1. The number of aromatic nitrogens is 2. The molecule has 2 aromatic heterocycles. The number of nitrogens with one attached hydrogen (secondary N) is 1. The lowest BCUT2D eigenvalue weighted by atomic mass is 10.2. The van der Waals surface area contributed by atoms with Crippen molar-refractivity contribution >= 4 is 22.2 Å². The maximum Gasteiger partial charge on any atom is 0.258 e. The SMILES string of the molecule is Cc1ccsc1CN(C)Cc1nc2ccccc2c(=O)[nH]1. The molecule has 21 heavy (non-hydrogen) atoms. The Morgan fingerprint density at radius 3 is 2.81 bits per heavy atom. The second kappa shape index (κ2) is 5.79. The zero-order valence-electron chi connectivity index (χ0n) is 12.1. The second-order valence-corrected chi connectivity index (χ2v) is 6.23. The number of hydrogen-bond donors (Lipinski definition) is 1. The standard InChI is InChI=1S/C16H17N3OS/c1-11-7-8-21-14(11)9-19(2)10-15-17-13-6-4-3-5-12(13)16(20)18-15/h3-8H,9-10H2,1-2H3,(H,17,18,20). The van der Waals surface area contributed by atoms with Gasteiger partial charge in [-0.2, -0.15) is 0 Å². The van der Waals surface area contributed by atoms with Crippen molar-refractivity contribution in [1.29, 1.82) is 0 Å². The molecule has 0 radical (unpaired) electrons. The number of benzene rings is 1. The van der Waals surface area contributed by atoms with Gasteiger partial charge in [-0.15, -0.1) is 11.3 Å². The third-order valence-corrected chi connectivity index (χ3v) is 4.47. The van der Waals surface area contributed by atoms with Crippen LogP contribution < -0.4 is 5.56 Å². The Hall–Kier alpha value is -1.98. The Morgan fingerprint density at radius 2 is 2.05 bits per heavy atom. The van der Waals surface area contributed by atoms with Gasteiger partial charge in [0, 0.05) is 11.4 Å². The molecule has 0 aliphatic heterocycles. The Labute approximate surface area is 127 Å². The van der Waals surface area contributed by atoms with Crippen LogP contribution in [0.5, 0.6) is 0 Å². The van der Waals surface area contributed by atoms with Gasteiger partial charge in [-0.1, -0.05) is 12.1 Å². The second-order valence-electron chi connectivity index (χ2n) is 5.23. The number of thiophene rings is 1. The average molecular weight is 299 g/mol. The van der Waals surface area contributed by atoms with E-state index >= 15 is 0 Å². The molecule has 0 aliphatic carbocycles. The van der Waals surface area contributed by atoms with Crippen molar-refractivity contribution in [1.82, 2.24) is 14.9 Å². The van der Waals surface area contributed by atoms with E-state index < -0.39 is 0 Å². The summed E-state index contributed by atoms with van der Waals surface area (Å²) >= 11 is 1.76. The fraction of sp³-hybridized carbons (Fsp3) is 0.250. The molecular weight excluding hydrogens is 282 g/mol. The number of H-pyrrole nitrogens is 1. The van der Waals surface area contributed by atoms with Crippen molar-refractivity contribution in [3.63, 3.8) is 0 Å². The first-order valence-electron chi connectivity index (χ1n) is 6.83. The molecule has 1 N–H and O–H groups in total. The van der Waals surface area contributed by atoms with E-state index in [1.54, 1.807) is 17.4 Å². The molecule has 0 saturated carbocycles. The van der Waals surface area contributed by atoms with E-state index in [9.17, 15) is 4.79 Å². The Balaban J connectivity index is 1.81. The summed E-state index contributed by atoms with van der Waals surface area (Å²) in [4.78, 5) is 23.0. The Morgan fingerprint density at radius 1 is 1.24 bits per heavy atom. The highest BCUT2D eigenvalue weighted by molar-refractivity contribution is 7.10. The van der Waals surface area contributed by atoms with Crippen LogP contribution in [0, 0.1) is 6.92 Å². The number of nitrogens with zero attached hydrogens (tertiary/aromatic N) is 2. The molecule has 108 valence electrons. The van der Waals surface area contributed by atoms with Crippen LogP contribution in [0.25, 0.3) is 10.9 Å². The summed E-state index contributed by atoms with van der Waals surface area (Å²) in [5.74, 6) is 0.704. The van der Waals surface area contributed by atoms with Crippen molar-refractivity contribution in [2.45, 2.75) is 20.0 Å². The summed E-state index contributed by atoms with van der Waals surface area (Å²) in [6.07, 6.45) is 0. The summed E-state index contributed by atoms with van der Waals surface area (Å²) in [5, 5.41) is 2.74. The molecule has 0 aliphatic rings. The minimum Gasteiger partial charge on any atom is -0.309 e. The fourth-order valence-electron chi connectivity index (χ4n) is 2.33. The van der Waals surface area contributed by atoms with Gasteiger partial charge in [0.05, 0.1) is 17.4 Å². The molecule has 0 bridgehead atoms. The van der Waals surface area contributed by atoms with Crippen LogP contribution in [0.4, 0.5) is 0 Å². The molecule has 0 unspecified atom stereocenters. The molecule has 2 heterocycles. The smallest absolute Gasteiger partial charge is 0.258 e. The van der Waals surface area contributed by atoms with Gasteiger partial charge in [-0.3, -0.25) is 9.69 Å². The monoisotopic (exact) mass is 299 g/mol. The van der Waals surface area contributed by atoms with Crippen LogP contribution in [0.3, 0.4) is 0 Å². The van der Waals surface area contributed by atoms with E-state index in [0.717, 1.165) is 12.1 Å². The molecule has 3 rings (SSSR count). The quantitative estimate of drug-likeness (QED) is 0.806. The minimum absolute atomic E-state index is 0.0729. The molecule has 5 heteroatoms. The van der Waals surface area contributed by atoms with E-state index in [1.807, 2.05) is 25.2 Å². The predicted molar refractivity (Wildman–Crippen MR) is 86.6 cm³/mol. The van der Waals surface area contributed by atoms with Gasteiger partial charge in [0.2, 0.25) is 0 Å². The van der Waals surface area contributed by atoms with Crippen LogP contribution >= 0.6 is 11.3 Å². The summed E-state index contributed by atoms with van der Waals surface area (Å²) in [7, 11) is 2.04. The van der Waals surface area contributed by atoms with Gasteiger partial charge in [-0.25, -0.2) is 4.98 Å². The highest BCUT2D eigenvalue weighted by Gasteiger charge is 2.08. The lowest BCUT2D eigenvalue weighted by Gasteiger charge is -2.15. The zero-order chi connectivity index (χ0) is 14.8. The van der Waals surface area contributed by atoms with Crippen LogP contribution in [0.2, 0.25) is 0 Å². The van der Waals surface area contributed by atoms with E-state index in [-0.39, 0.29) is 5.56 Å². The first kappa shape index (κ1) is 14.0. The molecule has 0 amide bonds. The van der Waals surface area contributed by atoms with Gasteiger partial charge in [0.15, 0.2) is 0 Å². The highest BCUT2D eigenvalue weighted by Crippen LogP contribution is 2.17. The number of aromatic amines is 1. The summed E-state index contributed by atoms with van der Waals surface area (Å²) in [5.41, 5.74) is 1.99. The Bertz CT molecular complexity index is 822. The van der Waals surface area contributed by atoms with Crippen molar-refractivity contribution in [3.8, 4) is 0 Å². The molecule has 0 atom stereocenters. The molecule has 1 aromatic carbocycles. The van der Waals surface area contributed by atoms with Crippen molar-refractivity contribution in [2.75, 3.05) is 7.05 Å². The van der Waals surface area contributed by atoms with Crippen molar-refractivity contribution in [3.05, 3.63) is 62.3 Å². The van der Waals surface area contributed by atoms with Gasteiger partial charge in [0.25, 0.3) is 5.56 Å². The largest absolute Gasteiger partial charge is 0.309 e. The summed E-state index contributed by atoms with van der Waals surface area (Å²) in [6, 6.07) is 9.55. The molecule has 0 saturated heterocycles. The zero-order valence-corrected chi connectivity index (χ0v) is 12.9. The van der Waals surface area contributed by atoms with Gasteiger partial charge in [-0.05, 0) is 43.1 Å². The fourth-order valence-corrected chi connectivity index (χ4v) is 3.32. The molecule has 0 fully saturated rings. The van der Waals surface area contributed by atoms with Gasteiger partial charge < -0.3 is 4.98 Å². The first-order valence-corrected chi connectivity index (χ1v) is 7.71. The molecule has 3 aromatic rings. The minimum atomic E-state index is -0.0729. The van der Waals surface area contributed by atoms with Crippen LogP contribution in [-0.4, -0.2) is 21.9 Å². The van der Waals surface area contributed by atoms with Crippen molar-refractivity contribution < 1.29 is 0 Å². The maximum atomic E-state index is 12.0. The highest BCUT2D eigenvalue weighted by atomic mass is 32.1. The summed E-state index contributed by atoms with van der Waals surface area (Å²) in [6.45, 7) is 3.60. The molecular formula is C16H17N3OS. The topological polar surface area (TPSA) is 49.0 Å². The van der Waals surface area contributed by atoms with E-state index in [2.05, 4.69) is 33.2 Å². The summed E-state index contributed by atoms with van der Waals surface area (Å²) < 4.78 is 0. The number of rotatable bonds is 4. The van der Waals surface area contributed by atoms with Crippen LogP contribution in [0.15, 0.2) is 40.5 Å². The number of hydrogen-bond acceptors (Lipinski definition) is 4. The molecule has 0 spiro atoms. The lowest BCUT2D eigenvalue weighted by Crippen LogP contribution is -2.21. The number of aryl methyl sites for hydroxylation is 1. The lowest BCUT2D eigenvalue weighted by molar-refractivity contribution is 0.313. The third-order valence-electron chi connectivity index (χ3n) is 3.46. The third kappa shape index (κ3) is 3.04. The van der Waals surface area contributed by atoms with Crippen LogP contribution in [0.1, 0.15) is 16.3 Å². The first-order chi connectivity index (χ1) is 10.1. The average Bonchev–Trinajstić information content (AvgIpc) is 2.84. The maximum absolute atomic E-state index is 12.0. The van der Waals surface area contributed by atoms with E-state index in [4.69, 9.17) is 0 Å². The normalized spacial score (nSPS) is 11.4. The van der Waals surface area contributed by atoms with Crippen LogP contribution in [-0.2, 0) is 13.1 Å². The predicted octanol–water partition coefficient (Wildman–Crippen LogP) is 2.93. The van der Waals surface area contributed by atoms with Crippen molar-refractivity contribution in [2.24, 2.45) is 0 Å².